The molecule has 1 rings (SSSR count). The average Bonchev–Trinajstić information content (AvgIpc) is 2.69. The van der Waals surface area contributed by atoms with Crippen molar-refractivity contribution in [1.29, 1.82) is 0 Å². The molecule has 78 valence electrons. The summed E-state index contributed by atoms with van der Waals surface area (Å²) < 4.78 is 9.86. The van der Waals surface area contributed by atoms with Crippen LogP contribution in [-0.2, 0) is 4.74 Å². The third kappa shape index (κ3) is 4.84. The summed E-state index contributed by atoms with van der Waals surface area (Å²) in [6, 6.07) is 1.94. The van der Waals surface area contributed by atoms with E-state index in [1.54, 1.807) is 19.6 Å². The van der Waals surface area contributed by atoms with Crippen molar-refractivity contribution in [3.8, 4) is 0 Å². The first kappa shape index (κ1) is 11.0. The zero-order valence-corrected chi connectivity index (χ0v) is 8.53. The van der Waals surface area contributed by atoms with Crippen molar-refractivity contribution in [3.05, 3.63) is 30.2 Å². The number of methoxy groups -OCH3 is 1. The minimum atomic E-state index is 0.769. The smallest absolute Gasteiger partial charge is 0.0974 e. The van der Waals surface area contributed by atoms with E-state index < -0.39 is 0 Å². The monoisotopic (exact) mass is 195 g/mol. The fraction of sp³-hybridized carbons (Fsp3) is 0.455. The number of hydrogen-bond acceptors (Lipinski definition) is 3. The zero-order valence-electron chi connectivity index (χ0n) is 8.53. The quantitative estimate of drug-likeness (QED) is 0.675. The fourth-order valence-corrected chi connectivity index (χ4v) is 1.07. The van der Waals surface area contributed by atoms with Crippen molar-refractivity contribution in [3.63, 3.8) is 0 Å². The molecule has 0 aliphatic heterocycles. The van der Waals surface area contributed by atoms with Gasteiger partial charge in [-0.1, -0.05) is 12.2 Å². The molecule has 14 heavy (non-hydrogen) atoms. The number of rotatable bonds is 7. The van der Waals surface area contributed by atoms with E-state index in [9.17, 15) is 0 Å². The maximum atomic E-state index is 4.94. The van der Waals surface area contributed by atoms with Crippen LogP contribution in [-0.4, -0.2) is 26.8 Å². The Morgan fingerprint density at radius 2 is 2.43 bits per heavy atom. The van der Waals surface area contributed by atoms with E-state index in [1.807, 2.05) is 6.07 Å². The molecule has 0 bridgehead atoms. The first-order valence-corrected chi connectivity index (χ1v) is 4.82. The van der Waals surface area contributed by atoms with Gasteiger partial charge in [0, 0.05) is 19.2 Å². The van der Waals surface area contributed by atoms with Gasteiger partial charge < -0.3 is 14.5 Å². The number of hydrogen-bond donors (Lipinski definition) is 1. The van der Waals surface area contributed by atoms with Gasteiger partial charge in [0.25, 0.3) is 0 Å². The minimum Gasteiger partial charge on any atom is -0.472 e. The van der Waals surface area contributed by atoms with Crippen LogP contribution in [0.25, 0.3) is 6.08 Å². The highest BCUT2D eigenvalue weighted by molar-refractivity contribution is 5.46. The molecule has 3 heteroatoms. The Labute approximate surface area is 84.8 Å². The fourth-order valence-electron chi connectivity index (χ4n) is 1.07. The van der Waals surface area contributed by atoms with Crippen LogP contribution in [0, 0.1) is 0 Å². The van der Waals surface area contributed by atoms with Gasteiger partial charge in [0.2, 0.25) is 0 Å². The zero-order chi connectivity index (χ0) is 10.1. The molecule has 0 spiro atoms. The van der Waals surface area contributed by atoms with E-state index in [0.717, 1.165) is 31.7 Å². The summed E-state index contributed by atoms with van der Waals surface area (Å²) in [5.41, 5.74) is 1.11. The average molecular weight is 195 g/mol. The van der Waals surface area contributed by atoms with E-state index in [2.05, 4.69) is 17.5 Å². The highest BCUT2D eigenvalue weighted by Gasteiger charge is 1.86. The van der Waals surface area contributed by atoms with Crippen LogP contribution in [0.3, 0.4) is 0 Å². The van der Waals surface area contributed by atoms with E-state index in [4.69, 9.17) is 9.15 Å². The molecule has 1 N–H and O–H groups in total. The topological polar surface area (TPSA) is 34.4 Å². The van der Waals surface area contributed by atoms with Gasteiger partial charge in [-0.25, -0.2) is 0 Å². The van der Waals surface area contributed by atoms with E-state index in [0.29, 0.717) is 0 Å². The van der Waals surface area contributed by atoms with Crippen LogP contribution in [0.4, 0.5) is 0 Å². The third-order valence-electron chi connectivity index (χ3n) is 1.82. The number of ether oxygens (including phenoxy) is 1. The maximum Gasteiger partial charge on any atom is 0.0974 e. The standard InChI is InChI=1S/C11H17NO2/c1-13-9-7-12-6-3-2-4-11-5-8-14-10-11/h2,4-5,8,10,12H,3,6-7,9H2,1H3. The second-order valence-corrected chi connectivity index (χ2v) is 2.99. The van der Waals surface area contributed by atoms with Crippen molar-refractivity contribution in [2.24, 2.45) is 0 Å². The van der Waals surface area contributed by atoms with E-state index in [-0.39, 0.29) is 0 Å². The first-order chi connectivity index (χ1) is 6.93. The van der Waals surface area contributed by atoms with Crippen LogP contribution in [0.1, 0.15) is 12.0 Å². The molecule has 0 aromatic carbocycles. The van der Waals surface area contributed by atoms with Crippen LogP contribution < -0.4 is 5.32 Å². The lowest BCUT2D eigenvalue weighted by molar-refractivity contribution is 0.199. The Balaban J connectivity index is 1.98. The Morgan fingerprint density at radius 3 is 3.14 bits per heavy atom. The van der Waals surface area contributed by atoms with Crippen LogP contribution in [0.5, 0.6) is 0 Å². The summed E-state index contributed by atoms with van der Waals surface area (Å²) in [7, 11) is 1.71. The maximum absolute atomic E-state index is 4.94. The molecular formula is C11H17NO2. The predicted octanol–water partition coefficient (Wildman–Crippen LogP) is 1.92. The number of furan rings is 1. The SMILES string of the molecule is COCCNCCC=Cc1ccoc1. The summed E-state index contributed by atoms with van der Waals surface area (Å²) in [4.78, 5) is 0. The molecule has 1 aromatic heterocycles. The van der Waals surface area contributed by atoms with Crippen LogP contribution in [0.2, 0.25) is 0 Å². The number of nitrogens with one attached hydrogen (secondary N) is 1. The molecule has 3 nitrogen and oxygen atoms in total. The van der Waals surface area contributed by atoms with E-state index >= 15 is 0 Å². The third-order valence-corrected chi connectivity index (χ3v) is 1.82. The molecule has 0 atom stereocenters. The van der Waals surface area contributed by atoms with Crippen molar-refractivity contribution in [2.45, 2.75) is 6.42 Å². The molecule has 1 heterocycles. The molecular weight excluding hydrogens is 178 g/mol. The van der Waals surface area contributed by atoms with E-state index in [1.165, 1.54) is 0 Å². The van der Waals surface area contributed by atoms with Gasteiger partial charge in [0.1, 0.15) is 0 Å². The van der Waals surface area contributed by atoms with Gasteiger partial charge in [-0.3, -0.25) is 0 Å². The molecule has 0 saturated heterocycles. The lowest BCUT2D eigenvalue weighted by Crippen LogP contribution is -2.19. The van der Waals surface area contributed by atoms with Crippen molar-refractivity contribution in [2.75, 3.05) is 26.8 Å². The Hall–Kier alpha value is -1.06. The molecule has 0 radical (unpaired) electrons. The molecule has 0 unspecified atom stereocenters. The highest BCUT2D eigenvalue weighted by Crippen LogP contribution is 2.02. The van der Waals surface area contributed by atoms with Gasteiger partial charge >= 0.3 is 0 Å². The first-order valence-electron chi connectivity index (χ1n) is 4.82. The van der Waals surface area contributed by atoms with Crippen molar-refractivity contribution >= 4 is 6.08 Å². The van der Waals surface area contributed by atoms with Gasteiger partial charge in [-0.2, -0.15) is 0 Å². The summed E-state index contributed by atoms with van der Waals surface area (Å²) in [5, 5.41) is 3.27. The Morgan fingerprint density at radius 1 is 1.50 bits per heavy atom. The van der Waals surface area contributed by atoms with Gasteiger partial charge in [0.15, 0.2) is 0 Å². The molecule has 0 aliphatic rings. The minimum absolute atomic E-state index is 0.769. The summed E-state index contributed by atoms with van der Waals surface area (Å²) in [6.07, 6.45) is 8.62. The summed E-state index contributed by atoms with van der Waals surface area (Å²) >= 11 is 0. The van der Waals surface area contributed by atoms with Crippen LogP contribution in [0.15, 0.2) is 29.1 Å². The summed E-state index contributed by atoms with van der Waals surface area (Å²) in [5.74, 6) is 0. The Kier molecular flexibility index (Phi) is 5.79. The second kappa shape index (κ2) is 7.35. The lowest BCUT2D eigenvalue weighted by atomic mass is 10.3. The second-order valence-electron chi connectivity index (χ2n) is 2.99. The normalized spacial score (nSPS) is 11.2. The van der Waals surface area contributed by atoms with Crippen molar-refractivity contribution < 1.29 is 9.15 Å². The van der Waals surface area contributed by atoms with Gasteiger partial charge in [-0.15, -0.1) is 0 Å². The molecule has 0 fully saturated rings. The Bertz CT molecular complexity index is 242. The molecule has 0 amide bonds. The lowest BCUT2D eigenvalue weighted by Gasteiger charge is -2.00. The predicted molar refractivity (Wildman–Crippen MR) is 57.1 cm³/mol. The molecule has 0 saturated carbocycles. The molecule has 0 aliphatic carbocycles. The summed E-state index contributed by atoms with van der Waals surface area (Å²) in [6.45, 7) is 2.67. The highest BCUT2D eigenvalue weighted by atomic mass is 16.5. The molecule has 1 aromatic rings. The van der Waals surface area contributed by atoms with Crippen LogP contribution >= 0.6 is 0 Å². The van der Waals surface area contributed by atoms with Crippen molar-refractivity contribution in [1.82, 2.24) is 5.32 Å². The van der Waals surface area contributed by atoms with Gasteiger partial charge in [0.05, 0.1) is 19.1 Å². The largest absolute Gasteiger partial charge is 0.472 e. The van der Waals surface area contributed by atoms with Gasteiger partial charge in [-0.05, 0) is 19.0 Å².